The van der Waals surface area contributed by atoms with E-state index < -0.39 is 0 Å². The van der Waals surface area contributed by atoms with Gasteiger partial charge >= 0.3 is 0 Å². The smallest absolute Gasteiger partial charge is 0.198 e. The first-order chi connectivity index (χ1) is 6.86. The number of benzene rings is 1. The molecule has 0 saturated carbocycles. The van der Waals surface area contributed by atoms with Gasteiger partial charge < -0.3 is 4.98 Å². The van der Waals surface area contributed by atoms with Crippen LogP contribution in [0, 0.1) is 0 Å². The Balaban J connectivity index is 2.72. The number of pyridine rings is 1. The molecule has 0 radical (unpaired) electrons. The van der Waals surface area contributed by atoms with E-state index in [-0.39, 0.29) is 5.43 Å². The number of para-hydroxylation sites is 1. The number of H-pyrrole nitrogens is 1. The van der Waals surface area contributed by atoms with Gasteiger partial charge in [0.2, 0.25) is 0 Å². The summed E-state index contributed by atoms with van der Waals surface area (Å²) in [5.74, 6) is 0. The van der Waals surface area contributed by atoms with Gasteiger partial charge in [-0.2, -0.15) is 0 Å². The molecule has 0 spiro atoms. The van der Waals surface area contributed by atoms with Crippen molar-refractivity contribution in [3.63, 3.8) is 0 Å². The second-order valence-corrected chi connectivity index (χ2v) is 3.31. The molecule has 3 nitrogen and oxygen atoms in total. The summed E-state index contributed by atoms with van der Waals surface area (Å²) in [5, 5.41) is 1.45. The Morgan fingerprint density at radius 2 is 2.14 bits per heavy atom. The number of nitrogens with one attached hydrogen (secondary N) is 1. The van der Waals surface area contributed by atoms with Crippen LogP contribution in [-0.4, -0.2) is 11.5 Å². The van der Waals surface area contributed by atoms with Crippen LogP contribution in [0.15, 0.2) is 34.1 Å². The molecule has 68 valence electrons. The fourth-order valence-corrected chi connectivity index (χ4v) is 1.78. The van der Waals surface area contributed by atoms with Gasteiger partial charge in [0.15, 0.2) is 5.43 Å². The van der Waals surface area contributed by atoms with Crippen molar-refractivity contribution < 1.29 is 0 Å². The molecule has 1 N–H and O–H groups in total. The largest absolute Gasteiger partial charge is 0.339 e. The highest BCUT2D eigenvalue weighted by Gasteiger charge is 2.04. The summed E-state index contributed by atoms with van der Waals surface area (Å²) >= 11 is 0. The van der Waals surface area contributed by atoms with Crippen LogP contribution in [0.1, 0.15) is 0 Å². The Morgan fingerprint density at radius 3 is 3.07 bits per heavy atom. The van der Waals surface area contributed by atoms with Gasteiger partial charge in [-0.1, -0.05) is 12.1 Å². The fraction of sp³-hybridized carbons (Fsp3) is 0.0909. The molecule has 0 fully saturated rings. The molecular weight excluding hydrogens is 176 g/mol. The van der Waals surface area contributed by atoms with E-state index in [9.17, 15) is 4.79 Å². The molecule has 1 aromatic heterocycles. The van der Waals surface area contributed by atoms with Crippen molar-refractivity contribution in [2.75, 3.05) is 6.54 Å². The number of hydrogen-bond donors (Lipinski definition) is 1. The van der Waals surface area contributed by atoms with Gasteiger partial charge in [-0.3, -0.25) is 9.79 Å². The van der Waals surface area contributed by atoms with Gasteiger partial charge in [-0.25, -0.2) is 0 Å². The molecule has 3 heteroatoms. The molecule has 1 aliphatic heterocycles. The van der Waals surface area contributed by atoms with Gasteiger partial charge in [0.05, 0.1) is 17.3 Å². The number of fused-ring (bicyclic) bond motifs is 2. The molecule has 2 aromatic rings. The fourth-order valence-electron chi connectivity index (χ4n) is 1.78. The molecule has 0 amide bonds. The summed E-state index contributed by atoms with van der Waals surface area (Å²) < 4.78 is 0. The second kappa shape index (κ2) is 2.54. The zero-order valence-corrected chi connectivity index (χ0v) is 7.45. The third kappa shape index (κ3) is 0.865. The maximum atomic E-state index is 11.9. The van der Waals surface area contributed by atoms with E-state index in [4.69, 9.17) is 0 Å². The van der Waals surface area contributed by atoms with Gasteiger partial charge in [-0.05, 0) is 18.2 Å². The Kier molecular flexibility index (Phi) is 1.36. The average Bonchev–Trinajstić information content (AvgIpc) is 2.66. The maximum absolute atomic E-state index is 11.9. The predicted octanol–water partition coefficient (Wildman–Crippen LogP) is -0.0582. The second-order valence-electron chi connectivity index (χ2n) is 3.31. The minimum atomic E-state index is 0.0793. The summed E-state index contributed by atoms with van der Waals surface area (Å²) in [7, 11) is 0. The predicted molar refractivity (Wildman–Crippen MR) is 54.7 cm³/mol. The molecule has 0 saturated heterocycles. The Morgan fingerprint density at radius 1 is 1.29 bits per heavy atom. The molecule has 14 heavy (non-hydrogen) atoms. The van der Waals surface area contributed by atoms with Crippen molar-refractivity contribution in [1.29, 1.82) is 0 Å². The first-order valence-electron chi connectivity index (χ1n) is 4.52. The lowest BCUT2D eigenvalue weighted by Gasteiger charge is -1.95. The van der Waals surface area contributed by atoms with Crippen LogP contribution >= 0.6 is 0 Å². The van der Waals surface area contributed by atoms with Crippen molar-refractivity contribution in [2.24, 2.45) is 4.99 Å². The molecule has 0 atom stereocenters. The lowest BCUT2D eigenvalue weighted by molar-refractivity contribution is 1.12. The van der Waals surface area contributed by atoms with Gasteiger partial charge in [0, 0.05) is 5.39 Å². The zero-order chi connectivity index (χ0) is 9.54. The Labute approximate surface area is 79.4 Å². The van der Waals surface area contributed by atoms with E-state index in [1.165, 1.54) is 0 Å². The first-order valence-corrected chi connectivity index (χ1v) is 4.52. The van der Waals surface area contributed by atoms with Gasteiger partial charge in [0.1, 0.15) is 5.49 Å². The SMILES string of the molecule is O=c1c2c([nH]c3ccccc13)=NCC=2. The van der Waals surface area contributed by atoms with Crippen LogP contribution in [0.25, 0.3) is 17.0 Å². The van der Waals surface area contributed by atoms with Crippen LogP contribution < -0.4 is 16.1 Å². The van der Waals surface area contributed by atoms with E-state index in [0.29, 0.717) is 17.3 Å². The molecule has 1 aromatic carbocycles. The van der Waals surface area contributed by atoms with Crippen LogP contribution in [0.3, 0.4) is 0 Å². The summed E-state index contributed by atoms with van der Waals surface area (Å²) in [6.45, 7) is 0.609. The zero-order valence-electron chi connectivity index (χ0n) is 7.45. The minimum Gasteiger partial charge on any atom is -0.339 e. The van der Waals surface area contributed by atoms with Crippen LogP contribution in [0.5, 0.6) is 0 Å². The molecular formula is C11H8N2O. The monoisotopic (exact) mass is 184 g/mol. The lowest BCUT2D eigenvalue weighted by atomic mass is 10.2. The van der Waals surface area contributed by atoms with Crippen LogP contribution in [0.2, 0.25) is 0 Å². The normalized spacial score (nSPS) is 13.4. The van der Waals surface area contributed by atoms with E-state index in [2.05, 4.69) is 9.98 Å². The van der Waals surface area contributed by atoms with Crippen molar-refractivity contribution in [1.82, 2.24) is 4.98 Å². The van der Waals surface area contributed by atoms with E-state index >= 15 is 0 Å². The first kappa shape index (κ1) is 7.50. The molecule has 0 aliphatic carbocycles. The maximum Gasteiger partial charge on any atom is 0.198 e. The number of nitrogens with zero attached hydrogens (tertiary/aromatic N) is 1. The molecule has 3 rings (SSSR count). The van der Waals surface area contributed by atoms with E-state index in [1.807, 2.05) is 30.3 Å². The van der Waals surface area contributed by atoms with E-state index in [1.54, 1.807) is 0 Å². The Hall–Kier alpha value is -1.90. The lowest BCUT2D eigenvalue weighted by Crippen LogP contribution is -2.39. The van der Waals surface area contributed by atoms with Crippen molar-refractivity contribution >= 4 is 17.0 Å². The van der Waals surface area contributed by atoms with Crippen molar-refractivity contribution in [3.8, 4) is 0 Å². The van der Waals surface area contributed by atoms with Gasteiger partial charge in [0.25, 0.3) is 0 Å². The summed E-state index contributed by atoms with van der Waals surface area (Å²) in [4.78, 5) is 19.3. The topological polar surface area (TPSA) is 45.2 Å². The number of aromatic amines is 1. The highest BCUT2D eigenvalue weighted by molar-refractivity contribution is 5.78. The highest BCUT2D eigenvalue weighted by atomic mass is 16.1. The third-order valence-electron chi connectivity index (χ3n) is 2.47. The average molecular weight is 184 g/mol. The Bertz CT molecular complexity index is 682. The summed E-state index contributed by atoms with van der Waals surface area (Å²) in [6.07, 6.45) is 1.86. The number of rotatable bonds is 0. The molecule has 2 heterocycles. The third-order valence-corrected chi connectivity index (χ3v) is 2.47. The molecule has 1 aliphatic rings. The number of hydrogen-bond acceptors (Lipinski definition) is 2. The van der Waals surface area contributed by atoms with Gasteiger partial charge in [-0.15, -0.1) is 0 Å². The van der Waals surface area contributed by atoms with Crippen LogP contribution in [0.4, 0.5) is 0 Å². The number of aromatic nitrogens is 1. The molecule has 0 bridgehead atoms. The van der Waals surface area contributed by atoms with Crippen LogP contribution in [-0.2, 0) is 0 Å². The minimum absolute atomic E-state index is 0.0793. The quantitative estimate of drug-likeness (QED) is 0.612. The van der Waals surface area contributed by atoms with Crippen molar-refractivity contribution in [3.05, 3.63) is 45.2 Å². The summed E-state index contributed by atoms with van der Waals surface area (Å²) in [5.41, 5.74) is 1.65. The molecule has 0 unspecified atom stereocenters. The standard InChI is InChI=1S/C11H8N2O/c14-10-7-3-1-2-4-9(7)13-11-8(10)5-6-12-11/h1-5H,6H2,(H,12,13). The van der Waals surface area contributed by atoms with E-state index in [0.717, 1.165) is 10.9 Å². The summed E-state index contributed by atoms with van der Waals surface area (Å²) in [6, 6.07) is 7.50. The highest BCUT2D eigenvalue weighted by Crippen LogP contribution is 2.01. The van der Waals surface area contributed by atoms with Crippen molar-refractivity contribution in [2.45, 2.75) is 0 Å².